The van der Waals surface area contributed by atoms with Crippen LogP contribution in [-0.2, 0) is 10.3 Å². The molecule has 2 rings (SSSR count). The average Bonchev–Trinajstić information content (AvgIpc) is 2.82. The van der Waals surface area contributed by atoms with E-state index in [1.165, 1.54) is 0 Å². The molecule has 0 aromatic heterocycles. The van der Waals surface area contributed by atoms with Gasteiger partial charge in [0.25, 0.3) is 0 Å². The van der Waals surface area contributed by atoms with Crippen molar-refractivity contribution in [3.8, 4) is 5.75 Å². The van der Waals surface area contributed by atoms with Gasteiger partial charge in [-0.2, -0.15) is 0 Å². The number of hydrogen-bond acceptors (Lipinski definition) is 3. The highest BCUT2D eigenvalue weighted by Crippen LogP contribution is 2.65. The Balaban J connectivity index is 2.25. The van der Waals surface area contributed by atoms with E-state index in [-0.39, 0.29) is 6.42 Å². The van der Waals surface area contributed by atoms with Gasteiger partial charge in [0.15, 0.2) is 9.93 Å². The highest BCUT2D eigenvalue weighted by atomic mass is 35.5. The number of carbonyl (C=O) groups is 1. The Kier molecular flexibility index (Phi) is 3.34. The molecule has 1 atom stereocenters. The lowest BCUT2D eigenvalue weighted by Crippen LogP contribution is -2.22. The smallest absolute Gasteiger partial charge is 0.494 e. The second kappa shape index (κ2) is 4.52. The van der Waals surface area contributed by atoms with E-state index in [1.807, 2.05) is 6.92 Å². The van der Waals surface area contributed by atoms with Gasteiger partial charge >= 0.3 is 6.16 Å². The van der Waals surface area contributed by atoms with E-state index in [1.54, 1.807) is 24.3 Å². The number of rotatable bonds is 4. The van der Waals surface area contributed by atoms with Crippen molar-refractivity contribution < 1.29 is 19.4 Å². The molecule has 1 aromatic carbocycles. The molecule has 0 bridgehead atoms. The van der Waals surface area contributed by atoms with Crippen LogP contribution in [0.2, 0.25) is 0 Å². The van der Waals surface area contributed by atoms with Crippen LogP contribution in [0.1, 0.15) is 18.9 Å². The molecule has 0 heterocycles. The number of hydrogen-bond donors (Lipinski definition) is 1. The quantitative estimate of drug-likeness (QED) is 0.680. The van der Waals surface area contributed by atoms with Crippen molar-refractivity contribution in [2.75, 3.05) is 6.61 Å². The molecule has 0 spiro atoms. The van der Waals surface area contributed by atoms with Crippen LogP contribution in [0.15, 0.2) is 24.3 Å². The van der Waals surface area contributed by atoms with Crippen LogP contribution in [0.4, 0.5) is 4.79 Å². The summed E-state index contributed by atoms with van der Waals surface area (Å²) < 4.78 is 8.96. The Morgan fingerprint density at radius 2 is 1.94 bits per heavy atom. The lowest BCUT2D eigenvalue weighted by Gasteiger charge is -2.17. The fraction of sp³-hybridized carbons (Fsp3) is 0.417. The van der Waals surface area contributed by atoms with Crippen molar-refractivity contribution in [2.24, 2.45) is 0 Å². The first-order valence-electron chi connectivity index (χ1n) is 5.44. The minimum absolute atomic E-state index is 0.239. The molecule has 0 saturated heterocycles. The Bertz CT molecular complexity index is 458. The van der Waals surface area contributed by atoms with Gasteiger partial charge in [-0.25, -0.2) is 4.79 Å². The predicted octanol–water partition coefficient (Wildman–Crippen LogP) is 3.55. The summed E-state index contributed by atoms with van der Waals surface area (Å²) in [5.41, 5.74) is -0.550. The van der Waals surface area contributed by atoms with Crippen molar-refractivity contribution in [3.05, 3.63) is 29.8 Å². The standard InChI is InChI=1S/C12H12Cl2O4/c1-2-17-9-5-3-8(4-6-9)11(18-10(15)16)7-12(11,13)14/h3-6H,2,7H2,1H3,(H,15,16). The van der Waals surface area contributed by atoms with Gasteiger partial charge in [-0.1, -0.05) is 35.3 Å². The molecule has 18 heavy (non-hydrogen) atoms. The summed E-state index contributed by atoms with van der Waals surface area (Å²) in [4.78, 5) is 10.7. The van der Waals surface area contributed by atoms with Crippen LogP contribution in [0.25, 0.3) is 0 Å². The molecule has 1 aromatic rings. The van der Waals surface area contributed by atoms with E-state index in [0.29, 0.717) is 17.9 Å². The fourth-order valence-corrected chi connectivity index (χ4v) is 2.56. The molecule has 98 valence electrons. The summed E-state index contributed by atoms with van der Waals surface area (Å²) in [6.45, 7) is 2.44. The number of ether oxygens (including phenoxy) is 2. The van der Waals surface area contributed by atoms with Crippen LogP contribution in [0, 0.1) is 0 Å². The molecular weight excluding hydrogens is 279 g/mol. The minimum Gasteiger partial charge on any atom is -0.494 e. The normalized spacial score (nSPS) is 24.4. The summed E-state index contributed by atoms with van der Waals surface area (Å²) in [7, 11) is 0. The summed E-state index contributed by atoms with van der Waals surface area (Å²) in [6.07, 6.45) is -1.16. The fourth-order valence-electron chi connectivity index (χ4n) is 1.89. The van der Waals surface area contributed by atoms with Gasteiger partial charge in [-0.3, -0.25) is 0 Å². The van der Waals surface area contributed by atoms with Crippen molar-refractivity contribution in [1.82, 2.24) is 0 Å². The molecule has 1 saturated carbocycles. The molecule has 1 unspecified atom stereocenters. The molecule has 1 aliphatic carbocycles. The molecule has 6 heteroatoms. The highest BCUT2D eigenvalue weighted by Gasteiger charge is 2.71. The first kappa shape index (κ1) is 13.3. The third-order valence-corrected chi connectivity index (χ3v) is 3.71. The second-order valence-corrected chi connectivity index (χ2v) is 5.52. The van der Waals surface area contributed by atoms with E-state index >= 15 is 0 Å². The molecule has 4 nitrogen and oxygen atoms in total. The average molecular weight is 291 g/mol. The molecular formula is C12H12Cl2O4. The number of alkyl halides is 2. The minimum atomic E-state index is -1.40. The monoisotopic (exact) mass is 290 g/mol. The van der Waals surface area contributed by atoms with Crippen molar-refractivity contribution >= 4 is 29.4 Å². The summed E-state index contributed by atoms with van der Waals surface area (Å²) in [6, 6.07) is 6.88. The second-order valence-electron chi connectivity index (χ2n) is 4.03. The molecule has 0 amide bonds. The van der Waals surface area contributed by atoms with Gasteiger partial charge in [0, 0.05) is 6.42 Å². The number of halogens is 2. The van der Waals surface area contributed by atoms with Gasteiger partial charge in [0.2, 0.25) is 0 Å². The first-order chi connectivity index (χ1) is 8.41. The zero-order chi connectivity index (χ0) is 13.4. The van der Waals surface area contributed by atoms with Crippen molar-refractivity contribution in [2.45, 2.75) is 23.3 Å². The molecule has 1 N–H and O–H groups in total. The topological polar surface area (TPSA) is 55.8 Å². The Morgan fingerprint density at radius 1 is 1.39 bits per heavy atom. The maximum Gasteiger partial charge on any atom is 0.506 e. The zero-order valence-electron chi connectivity index (χ0n) is 9.65. The van der Waals surface area contributed by atoms with Gasteiger partial charge in [-0.05, 0) is 24.6 Å². The van der Waals surface area contributed by atoms with Crippen molar-refractivity contribution in [1.29, 1.82) is 0 Å². The van der Waals surface area contributed by atoms with Gasteiger partial charge in [0.05, 0.1) is 6.61 Å². The van der Waals surface area contributed by atoms with Gasteiger partial charge in [-0.15, -0.1) is 0 Å². The van der Waals surface area contributed by atoms with Crippen LogP contribution >= 0.6 is 23.2 Å². The van der Waals surface area contributed by atoms with E-state index < -0.39 is 16.1 Å². The third-order valence-electron chi connectivity index (χ3n) is 2.83. The van der Waals surface area contributed by atoms with Crippen LogP contribution in [0.5, 0.6) is 5.75 Å². The lowest BCUT2D eigenvalue weighted by molar-refractivity contribution is 0.0360. The van der Waals surface area contributed by atoms with Gasteiger partial charge in [0.1, 0.15) is 5.75 Å². The predicted molar refractivity (Wildman–Crippen MR) is 67.5 cm³/mol. The Hall–Kier alpha value is -1.13. The molecule has 1 fully saturated rings. The third kappa shape index (κ3) is 2.22. The zero-order valence-corrected chi connectivity index (χ0v) is 11.2. The first-order valence-corrected chi connectivity index (χ1v) is 6.20. The van der Waals surface area contributed by atoms with E-state index in [4.69, 9.17) is 37.8 Å². The maximum absolute atomic E-state index is 10.7. The summed E-state index contributed by atoms with van der Waals surface area (Å²) in [5, 5.41) is 8.76. The SMILES string of the molecule is CCOc1ccc(C2(OC(=O)O)CC2(Cl)Cl)cc1. The van der Waals surface area contributed by atoms with Crippen LogP contribution in [-0.4, -0.2) is 22.2 Å². The maximum atomic E-state index is 10.7. The Morgan fingerprint density at radius 3 is 2.33 bits per heavy atom. The highest BCUT2D eigenvalue weighted by molar-refractivity contribution is 6.52. The summed E-state index contributed by atoms with van der Waals surface area (Å²) >= 11 is 12.0. The molecule has 0 aliphatic heterocycles. The van der Waals surface area contributed by atoms with E-state index in [2.05, 4.69) is 0 Å². The van der Waals surface area contributed by atoms with Crippen LogP contribution < -0.4 is 4.74 Å². The van der Waals surface area contributed by atoms with E-state index in [0.717, 1.165) is 0 Å². The number of carboxylic acid groups (broad SMARTS) is 1. The molecule has 0 radical (unpaired) electrons. The van der Waals surface area contributed by atoms with Gasteiger partial charge < -0.3 is 14.6 Å². The number of benzene rings is 1. The van der Waals surface area contributed by atoms with Crippen molar-refractivity contribution in [3.63, 3.8) is 0 Å². The van der Waals surface area contributed by atoms with Crippen LogP contribution in [0.3, 0.4) is 0 Å². The van der Waals surface area contributed by atoms with E-state index in [9.17, 15) is 4.79 Å². The Labute approximate surface area is 114 Å². The lowest BCUT2D eigenvalue weighted by atomic mass is 10.1. The molecule has 1 aliphatic rings. The largest absolute Gasteiger partial charge is 0.506 e. The summed E-state index contributed by atoms with van der Waals surface area (Å²) in [5.74, 6) is 0.696.